The first-order valence-electron chi connectivity index (χ1n) is 10.4. The molecule has 7 heteroatoms. The van der Waals surface area contributed by atoms with E-state index in [1.54, 1.807) is 23.5 Å². The summed E-state index contributed by atoms with van der Waals surface area (Å²) in [7, 11) is 0. The van der Waals surface area contributed by atoms with Crippen molar-refractivity contribution >= 4 is 34.5 Å². The molecule has 0 saturated carbocycles. The smallest absolute Gasteiger partial charge is 0.253 e. The Labute approximate surface area is 191 Å². The summed E-state index contributed by atoms with van der Waals surface area (Å²) in [6, 6.07) is 17.9. The SMILES string of the molecule is C[C@H](NC(=O)c1ccccc1Cl)[C@@H](c1cccs1)N1CCN(c2ccc(F)cc2)CC1. The molecule has 0 spiro atoms. The average Bonchev–Trinajstić information content (AvgIpc) is 3.29. The van der Waals surface area contributed by atoms with Crippen LogP contribution >= 0.6 is 22.9 Å². The Balaban J connectivity index is 1.47. The maximum absolute atomic E-state index is 13.3. The lowest BCUT2D eigenvalue weighted by Crippen LogP contribution is -2.52. The number of thiophene rings is 1. The van der Waals surface area contributed by atoms with Gasteiger partial charge in [0.2, 0.25) is 0 Å². The van der Waals surface area contributed by atoms with Gasteiger partial charge >= 0.3 is 0 Å². The first-order valence-corrected chi connectivity index (χ1v) is 11.6. The van der Waals surface area contributed by atoms with Gasteiger partial charge in [-0.25, -0.2) is 4.39 Å². The zero-order valence-electron chi connectivity index (χ0n) is 17.3. The van der Waals surface area contributed by atoms with Crippen LogP contribution in [0.3, 0.4) is 0 Å². The molecular formula is C24H25ClFN3OS. The van der Waals surface area contributed by atoms with Crippen LogP contribution in [-0.2, 0) is 0 Å². The molecule has 1 aromatic heterocycles. The van der Waals surface area contributed by atoms with E-state index in [9.17, 15) is 9.18 Å². The number of carbonyl (C=O) groups is 1. The zero-order chi connectivity index (χ0) is 21.8. The molecule has 3 aromatic rings. The number of carbonyl (C=O) groups excluding carboxylic acids is 1. The number of piperazine rings is 1. The lowest BCUT2D eigenvalue weighted by atomic mass is 10.0. The van der Waals surface area contributed by atoms with Crippen LogP contribution in [0.15, 0.2) is 66.0 Å². The van der Waals surface area contributed by atoms with Gasteiger partial charge in [0.25, 0.3) is 5.91 Å². The van der Waals surface area contributed by atoms with Gasteiger partial charge in [0.15, 0.2) is 0 Å². The first-order chi connectivity index (χ1) is 15.0. The maximum Gasteiger partial charge on any atom is 0.253 e. The Morgan fingerprint density at radius 3 is 2.39 bits per heavy atom. The molecule has 2 aromatic carbocycles. The van der Waals surface area contributed by atoms with Gasteiger partial charge in [0.1, 0.15) is 5.82 Å². The molecule has 0 unspecified atom stereocenters. The third-order valence-electron chi connectivity index (χ3n) is 5.68. The van der Waals surface area contributed by atoms with E-state index < -0.39 is 0 Å². The van der Waals surface area contributed by atoms with Gasteiger partial charge in [-0.15, -0.1) is 11.3 Å². The number of nitrogens with zero attached hydrogens (tertiary/aromatic N) is 2. The van der Waals surface area contributed by atoms with Crippen LogP contribution < -0.4 is 10.2 Å². The fourth-order valence-electron chi connectivity index (χ4n) is 4.12. The third kappa shape index (κ3) is 5.09. The van der Waals surface area contributed by atoms with E-state index in [4.69, 9.17) is 11.6 Å². The van der Waals surface area contributed by atoms with Crippen LogP contribution in [-0.4, -0.2) is 43.0 Å². The molecular weight excluding hydrogens is 433 g/mol. The summed E-state index contributed by atoms with van der Waals surface area (Å²) in [5, 5.41) is 5.68. The number of hydrogen-bond donors (Lipinski definition) is 1. The van der Waals surface area contributed by atoms with E-state index in [0.29, 0.717) is 10.6 Å². The minimum Gasteiger partial charge on any atom is -0.369 e. The van der Waals surface area contributed by atoms with E-state index in [-0.39, 0.29) is 23.8 Å². The Morgan fingerprint density at radius 2 is 1.74 bits per heavy atom. The number of amides is 1. The minimum absolute atomic E-state index is 0.0711. The van der Waals surface area contributed by atoms with Crippen LogP contribution in [0, 0.1) is 5.82 Å². The molecule has 1 N–H and O–H groups in total. The van der Waals surface area contributed by atoms with Gasteiger partial charge in [-0.1, -0.05) is 29.8 Å². The van der Waals surface area contributed by atoms with Crippen LogP contribution in [0.4, 0.5) is 10.1 Å². The van der Waals surface area contributed by atoms with Gasteiger partial charge in [-0.3, -0.25) is 9.69 Å². The molecule has 1 aliphatic heterocycles. The van der Waals surface area contributed by atoms with Gasteiger partial charge in [0.05, 0.1) is 16.6 Å². The summed E-state index contributed by atoms with van der Waals surface area (Å²) in [5.41, 5.74) is 1.52. The Bertz CT molecular complexity index is 1000. The molecule has 0 bridgehead atoms. The van der Waals surface area contributed by atoms with Crippen molar-refractivity contribution in [3.8, 4) is 0 Å². The molecule has 2 heterocycles. The molecule has 2 atom stereocenters. The highest BCUT2D eigenvalue weighted by molar-refractivity contribution is 7.10. The Hall–Kier alpha value is -2.41. The lowest BCUT2D eigenvalue weighted by Gasteiger charge is -2.42. The number of nitrogens with one attached hydrogen (secondary N) is 1. The van der Waals surface area contributed by atoms with Crippen molar-refractivity contribution in [2.45, 2.75) is 19.0 Å². The summed E-state index contributed by atoms with van der Waals surface area (Å²) < 4.78 is 13.3. The standard InChI is InChI=1S/C24H25ClFN3OS/c1-17(27-24(30)20-5-2-3-6-21(20)25)23(22-7-4-16-31-22)29-14-12-28(13-15-29)19-10-8-18(26)9-11-19/h2-11,16-17,23H,12-15H2,1H3,(H,27,30)/t17-,23-/m0/s1. The second kappa shape index (κ2) is 9.81. The topological polar surface area (TPSA) is 35.6 Å². The average molecular weight is 458 g/mol. The van der Waals surface area contributed by atoms with Crippen molar-refractivity contribution in [1.29, 1.82) is 0 Å². The van der Waals surface area contributed by atoms with Crippen molar-refractivity contribution in [2.75, 3.05) is 31.1 Å². The maximum atomic E-state index is 13.3. The predicted molar refractivity (Wildman–Crippen MR) is 126 cm³/mol. The highest BCUT2D eigenvalue weighted by atomic mass is 35.5. The third-order valence-corrected chi connectivity index (χ3v) is 6.96. The van der Waals surface area contributed by atoms with Gasteiger partial charge < -0.3 is 10.2 Å². The van der Waals surface area contributed by atoms with E-state index in [2.05, 4.69) is 26.6 Å². The van der Waals surface area contributed by atoms with Crippen LogP contribution in [0.2, 0.25) is 5.02 Å². The molecule has 1 aliphatic rings. The van der Waals surface area contributed by atoms with E-state index >= 15 is 0 Å². The second-order valence-electron chi connectivity index (χ2n) is 7.70. The quantitative estimate of drug-likeness (QED) is 0.551. The van der Waals surface area contributed by atoms with Crippen molar-refractivity contribution < 1.29 is 9.18 Å². The lowest BCUT2D eigenvalue weighted by molar-refractivity contribution is 0.0891. The van der Waals surface area contributed by atoms with Gasteiger partial charge in [-0.05, 0) is 54.8 Å². The summed E-state index contributed by atoms with van der Waals surface area (Å²) in [6.45, 7) is 5.45. The highest BCUT2D eigenvalue weighted by Crippen LogP contribution is 2.30. The molecule has 162 valence electrons. The van der Waals surface area contributed by atoms with Crippen LogP contribution in [0.25, 0.3) is 0 Å². The monoisotopic (exact) mass is 457 g/mol. The minimum atomic E-state index is -0.219. The fourth-order valence-corrected chi connectivity index (χ4v) is 5.31. The second-order valence-corrected chi connectivity index (χ2v) is 9.09. The molecule has 0 radical (unpaired) electrons. The molecule has 4 rings (SSSR count). The zero-order valence-corrected chi connectivity index (χ0v) is 18.9. The molecule has 1 amide bonds. The Kier molecular flexibility index (Phi) is 6.90. The summed E-state index contributed by atoms with van der Waals surface area (Å²) in [5.74, 6) is -0.382. The molecule has 1 fully saturated rings. The normalized spacial score (nSPS) is 16.7. The molecule has 4 nitrogen and oxygen atoms in total. The van der Waals surface area contributed by atoms with E-state index in [0.717, 1.165) is 31.9 Å². The number of benzene rings is 2. The number of rotatable bonds is 6. The largest absolute Gasteiger partial charge is 0.369 e. The van der Waals surface area contributed by atoms with Crippen molar-refractivity contribution in [3.63, 3.8) is 0 Å². The summed E-state index contributed by atoms with van der Waals surface area (Å²) >= 11 is 7.92. The highest BCUT2D eigenvalue weighted by Gasteiger charge is 2.31. The molecule has 31 heavy (non-hydrogen) atoms. The van der Waals surface area contributed by atoms with E-state index in [1.807, 2.05) is 37.3 Å². The molecule has 0 aliphatic carbocycles. The fraction of sp³-hybridized carbons (Fsp3) is 0.292. The van der Waals surface area contributed by atoms with Gasteiger partial charge in [0, 0.05) is 42.8 Å². The number of anilines is 1. The van der Waals surface area contributed by atoms with Crippen molar-refractivity contribution in [1.82, 2.24) is 10.2 Å². The summed E-state index contributed by atoms with van der Waals surface area (Å²) in [6.07, 6.45) is 0. The van der Waals surface area contributed by atoms with Crippen molar-refractivity contribution in [2.24, 2.45) is 0 Å². The summed E-state index contributed by atoms with van der Waals surface area (Å²) in [4.78, 5) is 18.8. The van der Waals surface area contributed by atoms with E-state index in [1.165, 1.54) is 17.0 Å². The predicted octanol–water partition coefficient (Wildman–Crippen LogP) is 5.22. The van der Waals surface area contributed by atoms with Crippen LogP contribution in [0.5, 0.6) is 0 Å². The Morgan fingerprint density at radius 1 is 1.03 bits per heavy atom. The molecule has 1 saturated heterocycles. The van der Waals surface area contributed by atoms with Crippen molar-refractivity contribution in [3.05, 3.63) is 87.3 Å². The van der Waals surface area contributed by atoms with Crippen LogP contribution in [0.1, 0.15) is 28.2 Å². The first kappa shape index (κ1) is 21.8. The van der Waals surface area contributed by atoms with Gasteiger partial charge in [-0.2, -0.15) is 0 Å². The number of halogens is 2. The number of hydrogen-bond acceptors (Lipinski definition) is 4.